The smallest absolute Gasteiger partial charge is 0.00793 e. The molecule has 114 valence electrons. The summed E-state index contributed by atoms with van der Waals surface area (Å²) >= 11 is 0. The fourth-order valence-electron chi connectivity index (χ4n) is 2.96. The molecule has 1 aromatic rings. The van der Waals surface area contributed by atoms with E-state index in [0.29, 0.717) is 6.04 Å². The minimum atomic E-state index is 0.326. The number of rotatable bonds is 10. The third kappa shape index (κ3) is 7.69. The van der Waals surface area contributed by atoms with Gasteiger partial charge in [-0.2, -0.15) is 0 Å². The van der Waals surface area contributed by atoms with Crippen LogP contribution in [0.4, 0.5) is 0 Å². The molecule has 0 heterocycles. The molecule has 1 atom stereocenters. The lowest BCUT2D eigenvalue weighted by Crippen LogP contribution is -2.22. The zero-order valence-electron chi connectivity index (χ0n) is 13.8. The summed E-state index contributed by atoms with van der Waals surface area (Å²) in [7, 11) is 0. The number of hydrogen-bond donors (Lipinski definition) is 1. The van der Waals surface area contributed by atoms with Gasteiger partial charge >= 0.3 is 0 Å². The Hall–Kier alpha value is -0.820. The van der Waals surface area contributed by atoms with E-state index in [0.717, 1.165) is 6.42 Å². The Balaban J connectivity index is 2.15. The van der Waals surface area contributed by atoms with E-state index in [1.165, 1.54) is 68.1 Å². The van der Waals surface area contributed by atoms with Crippen LogP contribution in [0.5, 0.6) is 0 Å². The van der Waals surface area contributed by atoms with Crippen molar-refractivity contribution >= 4 is 0 Å². The summed E-state index contributed by atoms with van der Waals surface area (Å²) in [5.74, 6) is 0. The van der Waals surface area contributed by atoms with Crippen LogP contribution >= 0.6 is 0 Å². The zero-order chi connectivity index (χ0) is 14.8. The van der Waals surface area contributed by atoms with Gasteiger partial charge < -0.3 is 5.73 Å². The van der Waals surface area contributed by atoms with E-state index in [-0.39, 0.29) is 0 Å². The van der Waals surface area contributed by atoms with E-state index in [1.807, 2.05) is 0 Å². The molecule has 0 aliphatic carbocycles. The number of unbranched alkanes of at least 4 members (excludes halogenated alkanes) is 6. The molecule has 20 heavy (non-hydrogen) atoms. The minimum absolute atomic E-state index is 0.326. The highest BCUT2D eigenvalue weighted by atomic mass is 14.6. The molecule has 1 rings (SSSR count). The Morgan fingerprint density at radius 2 is 1.40 bits per heavy atom. The Bertz CT molecular complexity index is 350. The van der Waals surface area contributed by atoms with Crippen LogP contribution in [0.15, 0.2) is 18.2 Å². The van der Waals surface area contributed by atoms with Crippen LogP contribution in [0, 0.1) is 13.8 Å². The van der Waals surface area contributed by atoms with Gasteiger partial charge in [0.05, 0.1) is 0 Å². The first-order valence-electron chi connectivity index (χ1n) is 8.44. The van der Waals surface area contributed by atoms with E-state index in [1.54, 1.807) is 0 Å². The van der Waals surface area contributed by atoms with Crippen molar-refractivity contribution in [2.24, 2.45) is 5.73 Å². The lowest BCUT2D eigenvalue weighted by Gasteiger charge is -2.12. The molecule has 0 aromatic heterocycles. The number of benzene rings is 1. The number of nitrogens with two attached hydrogens (primary N) is 1. The molecule has 0 bridgehead atoms. The van der Waals surface area contributed by atoms with E-state index in [4.69, 9.17) is 5.73 Å². The molecule has 0 aliphatic heterocycles. The Morgan fingerprint density at radius 3 is 2.00 bits per heavy atom. The van der Waals surface area contributed by atoms with Gasteiger partial charge in [0, 0.05) is 6.04 Å². The summed E-state index contributed by atoms with van der Waals surface area (Å²) in [6.07, 6.45) is 11.8. The van der Waals surface area contributed by atoms with Crippen molar-refractivity contribution in [2.75, 3.05) is 0 Å². The number of hydrogen-bond acceptors (Lipinski definition) is 1. The molecule has 1 unspecified atom stereocenters. The molecule has 0 spiro atoms. The van der Waals surface area contributed by atoms with Crippen molar-refractivity contribution in [3.63, 3.8) is 0 Å². The van der Waals surface area contributed by atoms with Crippen LogP contribution in [0.2, 0.25) is 0 Å². The van der Waals surface area contributed by atoms with Gasteiger partial charge in [-0.05, 0) is 32.3 Å². The standard InChI is InChI=1S/C19H33N/c1-4-5-6-7-8-9-10-11-19(20)15-18-13-16(2)12-17(3)14-18/h12-14,19H,4-11,15,20H2,1-3H3. The summed E-state index contributed by atoms with van der Waals surface area (Å²) < 4.78 is 0. The highest BCUT2D eigenvalue weighted by Gasteiger charge is 2.05. The molecule has 1 heteroatoms. The largest absolute Gasteiger partial charge is 0.327 e. The third-order valence-corrected chi connectivity index (χ3v) is 3.96. The normalized spacial score (nSPS) is 12.6. The van der Waals surface area contributed by atoms with Gasteiger partial charge in [-0.1, -0.05) is 81.2 Å². The van der Waals surface area contributed by atoms with Crippen molar-refractivity contribution in [1.82, 2.24) is 0 Å². The summed E-state index contributed by atoms with van der Waals surface area (Å²) in [5, 5.41) is 0. The molecule has 1 aromatic carbocycles. The van der Waals surface area contributed by atoms with E-state index >= 15 is 0 Å². The SMILES string of the molecule is CCCCCCCCCC(N)Cc1cc(C)cc(C)c1. The molecule has 2 N–H and O–H groups in total. The quantitative estimate of drug-likeness (QED) is 0.575. The summed E-state index contributed by atoms with van der Waals surface area (Å²) in [6, 6.07) is 7.10. The lowest BCUT2D eigenvalue weighted by atomic mass is 9.98. The van der Waals surface area contributed by atoms with Crippen molar-refractivity contribution in [3.05, 3.63) is 34.9 Å². The Labute approximate surface area is 126 Å². The highest BCUT2D eigenvalue weighted by Crippen LogP contribution is 2.14. The van der Waals surface area contributed by atoms with Crippen molar-refractivity contribution in [3.8, 4) is 0 Å². The van der Waals surface area contributed by atoms with Gasteiger partial charge in [0.25, 0.3) is 0 Å². The average molecular weight is 275 g/mol. The summed E-state index contributed by atoms with van der Waals surface area (Å²) in [4.78, 5) is 0. The van der Waals surface area contributed by atoms with Crippen LogP contribution < -0.4 is 5.73 Å². The molecule has 0 saturated carbocycles. The fourth-order valence-corrected chi connectivity index (χ4v) is 2.96. The Kier molecular flexibility index (Phi) is 8.60. The van der Waals surface area contributed by atoms with Crippen LogP contribution in [0.3, 0.4) is 0 Å². The molecular formula is C19H33N. The molecule has 1 nitrogen and oxygen atoms in total. The van der Waals surface area contributed by atoms with Gasteiger partial charge in [0.2, 0.25) is 0 Å². The second-order valence-electron chi connectivity index (χ2n) is 6.37. The summed E-state index contributed by atoms with van der Waals surface area (Å²) in [6.45, 7) is 6.60. The average Bonchev–Trinajstić information content (AvgIpc) is 2.36. The second kappa shape index (κ2) is 9.99. The maximum atomic E-state index is 6.27. The Morgan fingerprint density at radius 1 is 0.850 bits per heavy atom. The van der Waals surface area contributed by atoms with Gasteiger partial charge in [-0.25, -0.2) is 0 Å². The van der Waals surface area contributed by atoms with Gasteiger partial charge in [-0.15, -0.1) is 0 Å². The highest BCUT2D eigenvalue weighted by molar-refractivity contribution is 5.29. The molecule has 0 amide bonds. The van der Waals surface area contributed by atoms with Crippen molar-refractivity contribution in [2.45, 2.75) is 84.6 Å². The lowest BCUT2D eigenvalue weighted by molar-refractivity contribution is 0.528. The van der Waals surface area contributed by atoms with Gasteiger partial charge in [0.15, 0.2) is 0 Å². The van der Waals surface area contributed by atoms with Crippen LogP contribution in [0.1, 0.15) is 75.0 Å². The molecule has 0 fully saturated rings. The van der Waals surface area contributed by atoms with Crippen LogP contribution in [-0.2, 0) is 6.42 Å². The van der Waals surface area contributed by atoms with Crippen molar-refractivity contribution < 1.29 is 0 Å². The van der Waals surface area contributed by atoms with E-state index in [2.05, 4.69) is 39.0 Å². The first kappa shape index (κ1) is 17.2. The second-order valence-corrected chi connectivity index (χ2v) is 6.37. The minimum Gasteiger partial charge on any atom is -0.327 e. The predicted octanol–water partition coefficient (Wildman–Crippen LogP) is 5.31. The maximum absolute atomic E-state index is 6.27. The number of aryl methyl sites for hydroxylation is 2. The van der Waals surface area contributed by atoms with Crippen molar-refractivity contribution in [1.29, 1.82) is 0 Å². The third-order valence-electron chi connectivity index (χ3n) is 3.96. The summed E-state index contributed by atoms with van der Waals surface area (Å²) in [5.41, 5.74) is 10.4. The zero-order valence-corrected chi connectivity index (χ0v) is 13.8. The topological polar surface area (TPSA) is 26.0 Å². The van der Waals surface area contributed by atoms with Gasteiger partial charge in [0.1, 0.15) is 0 Å². The first-order valence-corrected chi connectivity index (χ1v) is 8.44. The molecule has 0 aliphatic rings. The maximum Gasteiger partial charge on any atom is 0.00793 e. The van der Waals surface area contributed by atoms with E-state index < -0.39 is 0 Å². The van der Waals surface area contributed by atoms with Crippen LogP contribution in [0.25, 0.3) is 0 Å². The van der Waals surface area contributed by atoms with Crippen LogP contribution in [-0.4, -0.2) is 6.04 Å². The first-order chi connectivity index (χ1) is 9.61. The predicted molar refractivity (Wildman–Crippen MR) is 90.2 cm³/mol. The molecule has 0 saturated heterocycles. The molecular weight excluding hydrogens is 242 g/mol. The fraction of sp³-hybridized carbons (Fsp3) is 0.684. The van der Waals surface area contributed by atoms with Gasteiger partial charge in [-0.3, -0.25) is 0 Å². The monoisotopic (exact) mass is 275 g/mol. The van der Waals surface area contributed by atoms with E-state index in [9.17, 15) is 0 Å². The molecule has 0 radical (unpaired) electrons.